The molecule has 0 radical (unpaired) electrons. The molecule has 2 fully saturated rings. The number of nitrogens with one attached hydrogen (secondary N) is 2. The van der Waals surface area contributed by atoms with Gasteiger partial charge in [-0.25, -0.2) is 40.0 Å². The van der Waals surface area contributed by atoms with Crippen LogP contribution in [0.15, 0.2) is 48.5 Å². The van der Waals surface area contributed by atoms with Gasteiger partial charge in [-0.1, -0.05) is 48.5 Å². The second-order valence-electron chi connectivity index (χ2n) is 15.0. The Morgan fingerprint density at radius 3 is 1.13 bits per heavy atom. The minimum absolute atomic E-state index is 0.214. The van der Waals surface area contributed by atoms with Crippen LogP contribution >= 0.6 is 0 Å². The monoisotopic (exact) mass is 842 g/mol. The van der Waals surface area contributed by atoms with E-state index in [1.807, 2.05) is 0 Å². The van der Waals surface area contributed by atoms with Crippen LogP contribution in [0.1, 0.15) is 76.1 Å². The molecule has 0 spiro atoms. The molecule has 0 saturated carbocycles. The van der Waals surface area contributed by atoms with Crippen molar-refractivity contribution in [3.05, 3.63) is 59.7 Å². The Labute approximate surface area is 345 Å². The number of nitrogens with zero attached hydrogens (tertiary/aromatic N) is 2. The number of hydrazine groups is 2. The number of Topliss-reactive ketones (excluding diaryl/α,β-unsaturated/α-hetero) is 2. The molecular weight excluding hydrogens is 792 g/mol. The molecular formula is C40H50N4O16. The summed E-state index contributed by atoms with van der Waals surface area (Å²) >= 11 is 0. The fraction of sp³-hybridized carbons (Fsp3) is 0.500. The molecule has 4 rings (SSSR count). The number of benzene rings is 2. The van der Waals surface area contributed by atoms with Gasteiger partial charge in [-0.15, -0.1) is 0 Å². The number of hydrogen-bond donors (Lipinski definition) is 2. The quantitative estimate of drug-likeness (QED) is 0.128. The van der Waals surface area contributed by atoms with E-state index in [0.717, 1.165) is 24.2 Å². The van der Waals surface area contributed by atoms with Gasteiger partial charge in [0.25, 0.3) is 11.8 Å². The summed E-state index contributed by atoms with van der Waals surface area (Å²) in [5, 5.41) is 1.89. The van der Waals surface area contributed by atoms with Gasteiger partial charge in [0.1, 0.15) is 0 Å². The average molecular weight is 843 g/mol. The van der Waals surface area contributed by atoms with Crippen LogP contribution in [0.2, 0.25) is 0 Å². The van der Waals surface area contributed by atoms with E-state index in [-0.39, 0.29) is 11.1 Å². The van der Waals surface area contributed by atoms with Gasteiger partial charge in [0, 0.05) is 23.2 Å². The number of hydrogen-bond acceptors (Lipinski definition) is 16. The van der Waals surface area contributed by atoms with E-state index < -0.39 is 109 Å². The highest BCUT2D eigenvalue weighted by atomic mass is 16.8. The zero-order chi connectivity index (χ0) is 44.7. The number of rotatable bonds is 13. The molecule has 1 unspecified atom stereocenters. The molecule has 4 amide bonds. The van der Waals surface area contributed by atoms with E-state index in [0.29, 0.717) is 11.1 Å². The average Bonchev–Trinajstić information content (AvgIpc) is 3.73. The number of ketones is 2. The lowest BCUT2D eigenvalue weighted by Crippen LogP contribution is -2.56. The third-order valence-corrected chi connectivity index (χ3v) is 8.88. The van der Waals surface area contributed by atoms with Crippen molar-refractivity contribution in [1.82, 2.24) is 20.9 Å². The van der Waals surface area contributed by atoms with Gasteiger partial charge in [-0.05, 0) is 66.5 Å². The van der Waals surface area contributed by atoms with Crippen molar-refractivity contribution < 1.29 is 76.3 Å². The van der Waals surface area contributed by atoms with Crippen molar-refractivity contribution in [2.45, 2.75) is 103 Å². The lowest BCUT2D eigenvalue weighted by Gasteiger charge is -2.29. The van der Waals surface area contributed by atoms with Crippen LogP contribution in [0.5, 0.6) is 0 Å². The SMILES string of the molecule is COC(=O)NN(C(=O)C1OC(C)(C)O[C@H]1C(=O)OCC(=O)c1ccc(-c2ccc(C(=O)COC(=O)[C@@H]3OC(C)(C)O[C@H]3C(=O)N(NC(=O)OC)C(C)C)cc2)cc1)C(C)C. The highest BCUT2D eigenvalue weighted by molar-refractivity contribution is 6.00. The molecule has 4 atom stereocenters. The Balaban J connectivity index is 1.33. The highest BCUT2D eigenvalue weighted by Gasteiger charge is 2.53. The number of carbonyl (C=O) groups excluding carboxylic acids is 8. The van der Waals surface area contributed by atoms with Crippen LogP contribution in [0, 0.1) is 0 Å². The summed E-state index contributed by atoms with van der Waals surface area (Å²) < 4.78 is 42.3. The molecule has 20 nitrogen and oxygen atoms in total. The molecule has 20 heteroatoms. The molecule has 60 heavy (non-hydrogen) atoms. The molecule has 2 aliphatic heterocycles. The normalized spacial score (nSPS) is 20.1. The Morgan fingerprint density at radius 1 is 0.550 bits per heavy atom. The molecule has 2 aromatic carbocycles. The Hall–Kier alpha value is -5.96. The van der Waals surface area contributed by atoms with E-state index in [2.05, 4.69) is 20.3 Å². The number of methoxy groups -OCH3 is 2. The van der Waals surface area contributed by atoms with E-state index in [9.17, 15) is 38.4 Å². The Bertz CT molecular complexity index is 1810. The predicted octanol–water partition coefficient (Wildman–Crippen LogP) is 2.86. The number of ether oxygens (including phenoxy) is 8. The van der Waals surface area contributed by atoms with Crippen molar-refractivity contribution in [1.29, 1.82) is 0 Å². The van der Waals surface area contributed by atoms with Gasteiger partial charge in [0.15, 0.2) is 60.8 Å². The molecule has 2 heterocycles. The summed E-state index contributed by atoms with van der Waals surface area (Å²) in [5.74, 6) is -7.48. The summed E-state index contributed by atoms with van der Waals surface area (Å²) in [4.78, 5) is 102. The lowest BCUT2D eigenvalue weighted by molar-refractivity contribution is -0.171. The van der Waals surface area contributed by atoms with Crippen LogP contribution in [0.25, 0.3) is 11.1 Å². The second-order valence-corrected chi connectivity index (χ2v) is 15.0. The molecule has 326 valence electrons. The van der Waals surface area contributed by atoms with E-state index in [1.165, 1.54) is 52.0 Å². The van der Waals surface area contributed by atoms with Gasteiger partial charge >= 0.3 is 24.1 Å². The summed E-state index contributed by atoms with van der Waals surface area (Å²) in [6.45, 7) is 11.1. The molecule has 0 aromatic heterocycles. The third-order valence-electron chi connectivity index (χ3n) is 8.88. The molecule has 2 N–H and O–H groups in total. The number of esters is 2. The minimum Gasteiger partial charge on any atom is -0.455 e. The zero-order valence-corrected chi connectivity index (χ0v) is 34.9. The van der Waals surface area contributed by atoms with Gasteiger partial charge < -0.3 is 37.9 Å². The van der Waals surface area contributed by atoms with Crippen LogP contribution in [-0.4, -0.2) is 133 Å². The van der Waals surface area contributed by atoms with E-state index >= 15 is 0 Å². The largest absolute Gasteiger partial charge is 0.455 e. The maximum absolute atomic E-state index is 13.3. The summed E-state index contributed by atoms with van der Waals surface area (Å²) in [5.41, 5.74) is 6.35. The van der Waals surface area contributed by atoms with Gasteiger partial charge in [-0.3, -0.25) is 19.2 Å². The molecule has 2 aromatic rings. The molecule has 2 saturated heterocycles. The first-order valence-corrected chi connectivity index (χ1v) is 18.7. The van der Waals surface area contributed by atoms with Gasteiger partial charge in [0.05, 0.1) is 14.2 Å². The van der Waals surface area contributed by atoms with Crippen LogP contribution in [0.4, 0.5) is 9.59 Å². The first kappa shape index (κ1) is 46.7. The van der Waals surface area contributed by atoms with Crippen LogP contribution in [-0.2, 0) is 57.1 Å². The smallest absolute Gasteiger partial charge is 0.425 e. The fourth-order valence-corrected chi connectivity index (χ4v) is 5.97. The second kappa shape index (κ2) is 19.4. The molecule has 0 bridgehead atoms. The Kier molecular flexibility index (Phi) is 15.1. The van der Waals surface area contributed by atoms with Crippen LogP contribution in [0.3, 0.4) is 0 Å². The van der Waals surface area contributed by atoms with Gasteiger partial charge in [-0.2, -0.15) is 0 Å². The van der Waals surface area contributed by atoms with Crippen molar-refractivity contribution in [2.75, 3.05) is 27.4 Å². The summed E-state index contributed by atoms with van der Waals surface area (Å²) in [6, 6.07) is 11.6. The first-order valence-electron chi connectivity index (χ1n) is 18.7. The Morgan fingerprint density at radius 2 is 0.850 bits per heavy atom. The predicted molar refractivity (Wildman–Crippen MR) is 205 cm³/mol. The van der Waals surface area contributed by atoms with Gasteiger partial charge in [0.2, 0.25) is 0 Å². The third kappa shape index (κ3) is 11.6. The van der Waals surface area contributed by atoms with Crippen molar-refractivity contribution >= 4 is 47.5 Å². The maximum Gasteiger partial charge on any atom is 0.425 e. The topological polar surface area (TPSA) is 241 Å². The fourth-order valence-electron chi connectivity index (χ4n) is 5.97. The lowest BCUT2D eigenvalue weighted by atomic mass is 10.0. The standard InChI is InChI=1S/C40H50N4O16/c1-21(2)43(41-37(51)53-9)33(47)29-31(59-39(5,6)57-29)35(49)55-19-27(45)25-15-11-23(12-16-25)24-13-17-26(18-14-24)28(46)20-56-36(50)32-30(58-40(7,8)60-32)34(48)44(22(3)4)42-38(52)54-10/h11-18,21-22,29-32H,19-20H2,1-10H3,(H,41,51)(H,42,52)/t29-,30?,31-,32-/m1/s1. The first-order chi connectivity index (χ1) is 28.1. The van der Waals surface area contributed by atoms with Crippen molar-refractivity contribution in [3.8, 4) is 11.1 Å². The number of amides is 4. The van der Waals surface area contributed by atoms with Crippen molar-refractivity contribution in [2.24, 2.45) is 0 Å². The molecule has 0 aliphatic carbocycles. The summed E-state index contributed by atoms with van der Waals surface area (Å²) in [7, 11) is 2.25. The van der Waals surface area contributed by atoms with Crippen molar-refractivity contribution in [3.63, 3.8) is 0 Å². The molecule has 2 aliphatic rings. The van der Waals surface area contributed by atoms with E-state index in [4.69, 9.17) is 28.4 Å². The zero-order valence-electron chi connectivity index (χ0n) is 34.9. The minimum atomic E-state index is -1.55. The highest BCUT2D eigenvalue weighted by Crippen LogP contribution is 2.32. The van der Waals surface area contributed by atoms with Crippen LogP contribution < -0.4 is 10.9 Å². The number of carbonyl (C=O) groups is 8. The van der Waals surface area contributed by atoms with E-state index in [1.54, 1.807) is 52.0 Å². The maximum atomic E-state index is 13.3. The summed E-state index contributed by atoms with van der Waals surface area (Å²) in [6.07, 6.45) is -7.92.